The number of carbonyl (C=O) groups is 2. The molecule has 0 aromatic rings. The van der Waals surface area contributed by atoms with E-state index in [2.05, 4.69) is 18.4 Å². The first-order valence-corrected chi connectivity index (χ1v) is 22.5. The van der Waals surface area contributed by atoms with Crippen LogP contribution in [0.1, 0.15) is 206 Å². The van der Waals surface area contributed by atoms with Crippen molar-refractivity contribution in [1.82, 2.24) is 0 Å². The van der Waals surface area contributed by atoms with Gasteiger partial charge in [0.25, 0.3) is 0 Å². The largest absolute Gasteiger partial charge is 0.472 e. The average Bonchev–Trinajstić information content (AvgIpc) is 3.12. The van der Waals surface area contributed by atoms with E-state index in [0.29, 0.717) is 12.8 Å². The van der Waals surface area contributed by atoms with Crippen molar-refractivity contribution in [3.05, 3.63) is 0 Å². The summed E-state index contributed by atoms with van der Waals surface area (Å²) in [6, 6.07) is 0. The third-order valence-electron chi connectivity index (χ3n) is 9.26. The van der Waals surface area contributed by atoms with Crippen LogP contribution in [-0.2, 0) is 32.7 Å². The third-order valence-corrected chi connectivity index (χ3v) is 10.2. The summed E-state index contributed by atoms with van der Waals surface area (Å²) in [5, 5.41) is 18.3. The molecule has 0 radical (unpaired) electrons. The Bertz CT molecular complexity index is 827. The summed E-state index contributed by atoms with van der Waals surface area (Å²) in [4.78, 5) is 34.9. The van der Waals surface area contributed by atoms with E-state index in [0.717, 1.165) is 38.5 Å². The average molecular weight is 751 g/mol. The first kappa shape index (κ1) is 50.0. The van der Waals surface area contributed by atoms with Crippen molar-refractivity contribution in [2.24, 2.45) is 0 Å². The number of hydrogen-bond acceptors (Lipinski definition) is 9. The van der Waals surface area contributed by atoms with E-state index in [1.165, 1.54) is 128 Å². The van der Waals surface area contributed by atoms with Crippen LogP contribution in [0.5, 0.6) is 0 Å². The van der Waals surface area contributed by atoms with Crippen molar-refractivity contribution >= 4 is 19.8 Å². The van der Waals surface area contributed by atoms with Crippen molar-refractivity contribution in [3.63, 3.8) is 0 Å². The fourth-order valence-corrected chi connectivity index (χ4v) is 6.78. The van der Waals surface area contributed by atoms with Gasteiger partial charge in [-0.15, -0.1) is 0 Å². The molecule has 0 aliphatic heterocycles. The minimum Gasteiger partial charge on any atom is -0.462 e. The van der Waals surface area contributed by atoms with E-state index in [4.69, 9.17) is 19.1 Å². The second-order valence-electron chi connectivity index (χ2n) is 14.4. The number of aliphatic hydroxyl groups is 2. The third kappa shape index (κ3) is 37.1. The van der Waals surface area contributed by atoms with Crippen molar-refractivity contribution in [3.8, 4) is 0 Å². The maximum absolute atomic E-state index is 12.6. The quantitative estimate of drug-likeness (QED) is 0.0314. The van der Waals surface area contributed by atoms with Gasteiger partial charge in [-0.2, -0.15) is 0 Å². The normalized spacial score (nSPS) is 13.9. The van der Waals surface area contributed by atoms with E-state index in [9.17, 15) is 24.2 Å². The van der Waals surface area contributed by atoms with E-state index in [1.807, 2.05) is 0 Å². The number of esters is 2. The number of carbonyl (C=O) groups excluding carboxylic acids is 2. The van der Waals surface area contributed by atoms with E-state index in [-0.39, 0.29) is 19.4 Å². The molecular weight excluding hydrogens is 671 g/mol. The summed E-state index contributed by atoms with van der Waals surface area (Å²) in [5.41, 5.74) is 0. The van der Waals surface area contributed by atoms with Crippen LogP contribution in [0.3, 0.4) is 0 Å². The fraction of sp³-hybridized carbons (Fsp3) is 0.950. The first-order valence-electron chi connectivity index (χ1n) is 21.0. The van der Waals surface area contributed by atoms with Gasteiger partial charge >= 0.3 is 19.8 Å². The summed E-state index contributed by atoms with van der Waals surface area (Å²) < 4.78 is 32.7. The Kier molecular flexibility index (Phi) is 36.5. The maximum Gasteiger partial charge on any atom is 0.472 e. The lowest BCUT2D eigenvalue weighted by Crippen LogP contribution is -2.29. The highest BCUT2D eigenvalue weighted by molar-refractivity contribution is 7.47. The van der Waals surface area contributed by atoms with Crippen LogP contribution in [0.2, 0.25) is 0 Å². The van der Waals surface area contributed by atoms with Gasteiger partial charge in [-0.05, 0) is 12.8 Å². The number of phosphoric acid groups is 1. The van der Waals surface area contributed by atoms with Crippen LogP contribution in [-0.4, -0.2) is 65.7 Å². The Morgan fingerprint density at radius 2 is 0.843 bits per heavy atom. The number of ether oxygens (including phenoxy) is 2. The lowest BCUT2D eigenvalue weighted by Gasteiger charge is -2.20. The zero-order valence-corrected chi connectivity index (χ0v) is 33.7. The van der Waals surface area contributed by atoms with Crippen LogP contribution < -0.4 is 0 Å². The second kappa shape index (κ2) is 37.3. The molecule has 0 fully saturated rings. The topological polar surface area (TPSA) is 149 Å². The van der Waals surface area contributed by atoms with E-state index in [1.54, 1.807) is 0 Å². The predicted molar refractivity (Wildman–Crippen MR) is 206 cm³/mol. The fourth-order valence-electron chi connectivity index (χ4n) is 5.99. The minimum absolute atomic E-state index is 0.192. The number of aliphatic hydroxyl groups excluding tert-OH is 2. The number of phosphoric ester groups is 1. The molecule has 0 amide bonds. The number of rotatable bonds is 40. The molecule has 2 unspecified atom stereocenters. The Morgan fingerprint density at radius 1 is 0.510 bits per heavy atom. The minimum atomic E-state index is -4.60. The molecular formula is C40H79O10P. The van der Waals surface area contributed by atoms with Crippen molar-refractivity contribution in [1.29, 1.82) is 0 Å². The molecule has 0 spiro atoms. The van der Waals surface area contributed by atoms with Crippen LogP contribution in [0.4, 0.5) is 0 Å². The summed E-state index contributed by atoms with van der Waals surface area (Å²) in [7, 11) is -4.60. The van der Waals surface area contributed by atoms with Gasteiger partial charge in [0.05, 0.1) is 19.8 Å². The summed E-state index contributed by atoms with van der Waals surface area (Å²) in [5.74, 6) is -0.911. The highest BCUT2D eigenvalue weighted by atomic mass is 31.2. The highest BCUT2D eigenvalue weighted by Gasteiger charge is 2.27. The van der Waals surface area contributed by atoms with Gasteiger partial charge in [-0.3, -0.25) is 18.6 Å². The zero-order chi connectivity index (χ0) is 37.7. The van der Waals surface area contributed by atoms with Crippen molar-refractivity contribution in [2.75, 3.05) is 26.4 Å². The molecule has 10 nitrogen and oxygen atoms in total. The van der Waals surface area contributed by atoms with E-state index < -0.39 is 51.8 Å². The van der Waals surface area contributed by atoms with Gasteiger partial charge in [0, 0.05) is 12.8 Å². The SMILES string of the molecule is CCCCCCCCCCCCCCCCCC(=O)O[C@H](COC(=O)CCCCCCCCCCCCCCC)COP(=O)(O)OCC(O)CO. The molecule has 3 N–H and O–H groups in total. The molecule has 0 rings (SSSR count). The molecule has 0 saturated heterocycles. The van der Waals surface area contributed by atoms with Gasteiger partial charge in [-0.25, -0.2) is 4.57 Å². The molecule has 0 aliphatic carbocycles. The van der Waals surface area contributed by atoms with Gasteiger partial charge in [-0.1, -0.05) is 181 Å². The monoisotopic (exact) mass is 751 g/mol. The summed E-state index contributed by atoms with van der Waals surface area (Å²) in [6.45, 7) is 2.41. The van der Waals surface area contributed by atoms with Crippen LogP contribution in [0, 0.1) is 0 Å². The Morgan fingerprint density at radius 3 is 1.22 bits per heavy atom. The molecule has 0 aromatic heterocycles. The van der Waals surface area contributed by atoms with Gasteiger partial charge in [0.1, 0.15) is 12.7 Å². The van der Waals surface area contributed by atoms with Crippen molar-refractivity contribution < 1.29 is 47.8 Å². The molecule has 51 heavy (non-hydrogen) atoms. The molecule has 3 atom stereocenters. The Balaban J connectivity index is 4.28. The molecule has 0 aliphatic rings. The highest BCUT2D eigenvalue weighted by Crippen LogP contribution is 2.43. The molecule has 0 bridgehead atoms. The molecule has 0 heterocycles. The van der Waals surface area contributed by atoms with Crippen LogP contribution >= 0.6 is 7.82 Å². The Hall–Kier alpha value is -1.03. The zero-order valence-electron chi connectivity index (χ0n) is 32.8. The lowest BCUT2D eigenvalue weighted by atomic mass is 10.0. The predicted octanol–water partition coefficient (Wildman–Crippen LogP) is 10.7. The lowest BCUT2D eigenvalue weighted by molar-refractivity contribution is -0.161. The second-order valence-corrected chi connectivity index (χ2v) is 15.8. The van der Waals surface area contributed by atoms with Gasteiger partial charge in [0.15, 0.2) is 6.10 Å². The Labute approximate surface area is 312 Å². The molecule has 304 valence electrons. The van der Waals surface area contributed by atoms with Gasteiger partial charge < -0.3 is 24.6 Å². The molecule has 0 aromatic carbocycles. The standard InChI is InChI=1S/C40H79O10P/c1-3-5-7-9-11-13-15-17-18-20-22-24-26-28-30-32-40(44)50-38(36-49-51(45,46)48-34-37(42)33-41)35-47-39(43)31-29-27-25-23-21-19-16-14-12-10-8-6-4-2/h37-38,41-42H,3-36H2,1-2H3,(H,45,46)/t37?,38-/m1/s1. The number of unbranched alkanes of at least 4 members (excludes halogenated alkanes) is 26. The number of hydrogen-bond donors (Lipinski definition) is 3. The maximum atomic E-state index is 12.6. The first-order chi connectivity index (χ1) is 24.7. The summed E-state index contributed by atoms with van der Waals surface area (Å²) in [6.07, 6.45) is 32.1. The molecule has 0 saturated carbocycles. The summed E-state index contributed by atoms with van der Waals surface area (Å²) >= 11 is 0. The van der Waals surface area contributed by atoms with Crippen molar-refractivity contribution in [2.45, 2.75) is 219 Å². The van der Waals surface area contributed by atoms with Crippen LogP contribution in [0.15, 0.2) is 0 Å². The van der Waals surface area contributed by atoms with Crippen LogP contribution in [0.25, 0.3) is 0 Å². The van der Waals surface area contributed by atoms with E-state index >= 15 is 0 Å². The smallest absolute Gasteiger partial charge is 0.462 e. The van der Waals surface area contributed by atoms with Gasteiger partial charge in [0.2, 0.25) is 0 Å². The molecule has 11 heteroatoms.